The molecule has 0 unspecified atom stereocenters. The standard InChI is InChI=1S/90CH4.55H2O/h90*1H4;55*1H2. The van der Waals surface area contributed by atoms with Crippen molar-refractivity contribution in [3.8, 4) is 0 Å². The van der Waals surface area contributed by atoms with Crippen LogP contribution in [0.25, 0.3) is 0 Å². The normalized spacial score (nSPS) is 0. The van der Waals surface area contributed by atoms with Gasteiger partial charge in [0.2, 0.25) is 0 Å². The van der Waals surface area contributed by atoms with Gasteiger partial charge in [0, 0.05) is 0 Å². The van der Waals surface area contributed by atoms with Crippen molar-refractivity contribution in [2.24, 2.45) is 0 Å². The van der Waals surface area contributed by atoms with Crippen LogP contribution in [0.2, 0.25) is 0 Å². The third-order valence-electron chi connectivity index (χ3n) is 0. The van der Waals surface area contributed by atoms with E-state index in [9.17, 15) is 0 Å². The van der Waals surface area contributed by atoms with Gasteiger partial charge in [-0.15, -0.1) is 0 Å². The zero-order chi connectivity index (χ0) is 0. The maximum absolute atomic E-state index is 0. The fraction of sp³-hybridized carbons (Fsp3) is 1.00. The van der Waals surface area contributed by atoms with Gasteiger partial charge >= 0.3 is 0 Å². The molecule has 0 radical (unpaired) electrons. The Morgan fingerprint density at radius 2 is 0.0138 bits per heavy atom. The van der Waals surface area contributed by atoms with E-state index >= 15 is 0 Å². The van der Waals surface area contributed by atoms with Gasteiger partial charge in [0.25, 0.3) is 0 Å². The number of hydrogen-bond donors (Lipinski definition) is 0. The zero-order valence-electron chi connectivity index (χ0n) is 27.5. The van der Waals surface area contributed by atoms with Crippen molar-refractivity contribution < 1.29 is 301 Å². The molecule has 0 rings (SSSR count). The Labute approximate surface area is 966 Å². The Morgan fingerprint density at radius 3 is 0.0138 bits per heavy atom. The molecule has 0 aliphatic carbocycles. The van der Waals surface area contributed by atoms with Crippen LogP contribution >= 0.6 is 0 Å². The van der Waals surface area contributed by atoms with Gasteiger partial charge in [-0.1, -0.05) is 668 Å². The summed E-state index contributed by atoms with van der Waals surface area (Å²) < 4.78 is 0. The molecule has 0 aromatic rings. The second-order valence-corrected chi connectivity index (χ2v) is 0. The first-order valence-corrected chi connectivity index (χ1v) is 0. The lowest BCUT2D eigenvalue weighted by atomic mass is 12.0. The molecule has 55 nitrogen and oxygen atoms in total. The summed E-state index contributed by atoms with van der Waals surface area (Å²) in [5.41, 5.74) is 0. The van der Waals surface area contributed by atoms with Gasteiger partial charge in [-0.05, 0) is 0 Å². The van der Waals surface area contributed by atoms with Crippen LogP contribution in [0.5, 0.6) is 0 Å². The van der Waals surface area contributed by atoms with Crippen molar-refractivity contribution in [1.29, 1.82) is 0 Å². The van der Waals surface area contributed by atoms with E-state index in [1.165, 1.54) is 0 Å². The van der Waals surface area contributed by atoms with Gasteiger partial charge in [0.15, 0.2) is 0 Å². The van der Waals surface area contributed by atoms with Gasteiger partial charge in [0.05, 0.1) is 0 Å². The van der Waals surface area contributed by atoms with Gasteiger partial charge in [0.1, 0.15) is 0 Å². The topological polar surface area (TPSA) is 1730 Å². The molecule has 110 N–H and O–H groups in total. The molecule has 0 amide bonds. The summed E-state index contributed by atoms with van der Waals surface area (Å²) in [6, 6.07) is 0. The van der Waals surface area contributed by atoms with E-state index in [4.69, 9.17) is 0 Å². The minimum Gasteiger partial charge on any atom is -0.412 e. The zero-order valence-corrected chi connectivity index (χ0v) is 27.5. The van der Waals surface area contributed by atoms with Gasteiger partial charge < -0.3 is 301 Å². The van der Waals surface area contributed by atoms with Crippen LogP contribution in [0.4, 0.5) is 0 Å². The highest BCUT2D eigenvalue weighted by atomic mass is 16.1. The van der Waals surface area contributed by atoms with E-state index < -0.39 is 0 Å². The predicted molar refractivity (Wildman–Crippen MR) is 805 cm³/mol. The average molecular weight is 2430 g/mol. The predicted octanol–water partition coefficient (Wildman–Crippen LogP) is 11.9. The van der Waals surface area contributed by atoms with Crippen molar-refractivity contribution in [2.45, 2.75) is 668 Å². The van der Waals surface area contributed by atoms with E-state index in [1.54, 1.807) is 0 Å². The van der Waals surface area contributed by atoms with Gasteiger partial charge in [-0.3, -0.25) is 0 Å². The monoisotopic (exact) mass is 2430 g/mol. The minimum absolute atomic E-state index is 0. The fourth-order valence-electron chi connectivity index (χ4n) is 0. The molecular formula is C90H470O55. The van der Waals surface area contributed by atoms with E-state index in [1.807, 2.05) is 0 Å². The Hall–Kier alpha value is -2.20. The van der Waals surface area contributed by atoms with Crippen LogP contribution < -0.4 is 0 Å². The van der Waals surface area contributed by atoms with Crippen molar-refractivity contribution in [1.82, 2.24) is 0 Å². The van der Waals surface area contributed by atoms with Crippen LogP contribution in [0, 0.1) is 0 Å². The highest BCUT2D eigenvalue weighted by Crippen LogP contribution is 0.243. The summed E-state index contributed by atoms with van der Waals surface area (Å²) >= 11 is 0. The molecule has 0 fully saturated rings. The molecule has 1160 valence electrons. The summed E-state index contributed by atoms with van der Waals surface area (Å²) in [7, 11) is 0. The molecule has 0 aliphatic rings. The van der Waals surface area contributed by atoms with Crippen LogP contribution in [0.15, 0.2) is 0 Å². The Bertz CT molecular complexity index is 139. The smallest absolute Gasteiger partial charge is 0.0776 e. The first kappa shape index (κ1) is 593000. The largest absolute Gasteiger partial charge is 0.412 e. The molecule has 145 heavy (non-hydrogen) atoms. The third-order valence-corrected chi connectivity index (χ3v) is 0. The molecule has 0 aromatic carbocycles. The lowest BCUT2D eigenvalue weighted by molar-refractivity contribution is 0.823. The quantitative estimate of drug-likeness (QED) is 0.218. The van der Waals surface area contributed by atoms with E-state index in [0.29, 0.717) is 0 Å². The first-order valence-electron chi connectivity index (χ1n) is 0. The lowest BCUT2D eigenvalue weighted by Gasteiger charge is -0.413. The molecular weight excluding hydrogens is 1960 g/mol. The van der Waals surface area contributed by atoms with Crippen molar-refractivity contribution in [2.75, 3.05) is 0 Å². The van der Waals surface area contributed by atoms with Gasteiger partial charge in [-0.25, -0.2) is 0 Å². The number of rotatable bonds is 0. The molecule has 0 saturated carbocycles. The summed E-state index contributed by atoms with van der Waals surface area (Å²) in [5, 5.41) is 0. The second-order valence-electron chi connectivity index (χ2n) is 0. The first-order chi connectivity index (χ1) is 0. The molecule has 0 heterocycles. The highest BCUT2D eigenvalue weighted by molar-refractivity contribution is 2.59. The van der Waals surface area contributed by atoms with E-state index in [2.05, 4.69) is 0 Å². The molecule has 55 heteroatoms. The minimum atomic E-state index is 0. The summed E-state index contributed by atoms with van der Waals surface area (Å²) in [6.07, 6.45) is 0. The van der Waals surface area contributed by atoms with Crippen molar-refractivity contribution >= 4 is 0 Å². The van der Waals surface area contributed by atoms with Gasteiger partial charge in [-0.2, -0.15) is 0 Å². The highest BCUT2D eigenvalue weighted by Gasteiger charge is 0.0244. The molecule has 0 atom stereocenters. The molecule has 0 aromatic heterocycles. The molecule has 0 spiro atoms. The summed E-state index contributed by atoms with van der Waals surface area (Å²) in [6.45, 7) is 0. The Balaban J connectivity index is 0. The molecule has 0 bridgehead atoms. The maximum Gasteiger partial charge on any atom is -0.0776 e. The van der Waals surface area contributed by atoms with Crippen LogP contribution in [0.3, 0.4) is 0 Å². The maximum atomic E-state index is 0. The van der Waals surface area contributed by atoms with Crippen molar-refractivity contribution in [3.63, 3.8) is 0 Å². The van der Waals surface area contributed by atoms with Crippen LogP contribution in [0.1, 0.15) is 668 Å². The van der Waals surface area contributed by atoms with Crippen LogP contribution in [-0.2, 0) is 0 Å². The summed E-state index contributed by atoms with van der Waals surface area (Å²) in [4.78, 5) is 0. The summed E-state index contributed by atoms with van der Waals surface area (Å²) in [5.74, 6) is 0. The SMILES string of the molecule is C.C.C.C.C.C.C.C.C.C.C.C.C.C.C.C.C.C.C.C.C.C.C.C.C.C.C.C.C.C.C.C.C.C.C.C.C.C.C.C.C.C.C.C.C.C.C.C.C.C.C.C.C.C.C.C.C.C.C.C.C.C.C.C.C.C.C.C.C.C.C.C.C.C.C.C.C.C.C.C.C.C.C.C.C.C.C.C.C.C.O.O.O.O.O.O.O.O.O.O.O.O.O.O.O.O.O.O.O.O.O.O.O.O.O.O.O.O.O.O.O.O.O.O.O.O.O.O.O.O.O.O.O.O.O.O.O.O.O.O.O.O.O.O.O. The molecule has 0 saturated heterocycles. The van der Waals surface area contributed by atoms with E-state index in [0.717, 1.165) is 0 Å². The molecule has 0 aliphatic heterocycles. The van der Waals surface area contributed by atoms with Crippen molar-refractivity contribution in [3.05, 3.63) is 0 Å². The van der Waals surface area contributed by atoms with Crippen LogP contribution in [-0.4, -0.2) is 301 Å². The average Bonchev–Trinajstić information content (AvgIpc) is 0. The lowest BCUT2D eigenvalue weighted by Crippen LogP contribution is -0.290. The Morgan fingerprint density at radius 1 is 0.0138 bits per heavy atom. The number of hydrogen-bond acceptors (Lipinski definition) is 0. The second kappa shape index (κ2) is 581000. The Kier molecular flexibility index (Phi) is 2380000000. The fourth-order valence-corrected chi connectivity index (χ4v) is 0. The van der Waals surface area contributed by atoms with E-state index in [-0.39, 0.29) is 970 Å². The third kappa shape index (κ3) is 573000.